The van der Waals surface area contributed by atoms with Crippen LogP contribution in [0, 0.1) is 0 Å². The largest absolute Gasteiger partial charge is 0.493 e. The van der Waals surface area contributed by atoms with Crippen LogP contribution in [0.3, 0.4) is 0 Å². The first kappa shape index (κ1) is 14.9. The maximum absolute atomic E-state index is 6.47. The van der Waals surface area contributed by atoms with Gasteiger partial charge in [0.2, 0.25) is 0 Å². The van der Waals surface area contributed by atoms with Gasteiger partial charge < -0.3 is 15.2 Å². The molecule has 0 heterocycles. The van der Waals surface area contributed by atoms with Crippen LogP contribution in [0.2, 0.25) is 0 Å². The van der Waals surface area contributed by atoms with Crippen molar-refractivity contribution in [3.05, 3.63) is 58.7 Å². The van der Waals surface area contributed by atoms with E-state index in [0.717, 1.165) is 16.9 Å². The quantitative estimate of drug-likeness (QED) is 0.937. The van der Waals surface area contributed by atoms with Crippen LogP contribution in [-0.2, 0) is 12.8 Å². The number of hydrogen-bond donors (Lipinski definition) is 1. The maximum atomic E-state index is 6.47. The van der Waals surface area contributed by atoms with Gasteiger partial charge in [-0.1, -0.05) is 24.3 Å². The first-order valence-electron chi connectivity index (χ1n) is 7.82. The van der Waals surface area contributed by atoms with Gasteiger partial charge in [-0.25, -0.2) is 0 Å². The summed E-state index contributed by atoms with van der Waals surface area (Å²) in [6.45, 7) is 0. The number of benzene rings is 2. The molecule has 3 heteroatoms. The SMILES string of the molecule is COc1ccc(C(N)c2ccc3c(c2)CCCC3)cc1OC. The van der Waals surface area contributed by atoms with E-state index in [-0.39, 0.29) is 6.04 Å². The van der Waals surface area contributed by atoms with Crippen molar-refractivity contribution in [3.63, 3.8) is 0 Å². The number of ether oxygens (including phenoxy) is 2. The van der Waals surface area contributed by atoms with Gasteiger partial charge in [0.15, 0.2) is 11.5 Å². The molecule has 0 saturated carbocycles. The monoisotopic (exact) mass is 297 g/mol. The lowest BCUT2D eigenvalue weighted by molar-refractivity contribution is 0.354. The smallest absolute Gasteiger partial charge is 0.161 e. The number of aryl methyl sites for hydroxylation is 2. The van der Waals surface area contributed by atoms with Gasteiger partial charge in [0.05, 0.1) is 20.3 Å². The molecule has 1 atom stereocenters. The molecule has 1 unspecified atom stereocenters. The van der Waals surface area contributed by atoms with E-state index in [2.05, 4.69) is 18.2 Å². The van der Waals surface area contributed by atoms with Crippen LogP contribution < -0.4 is 15.2 Å². The number of methoxy groups -OCH3 is 2. The number of hydrogen-bond acceptors (Lipinski definition) is 3. The highest BCUT2D eigenvalue weighted by Crippen LogP contribution is 2.32. The van der Waals surface area contributed by atoms with E-state index in [0.29, 0.717) is 5.75 Å². The van der Waals surface area contributed by atoms with E-state index in [4.69, 9.17) is 15.2 Å². The number of nitrogens with two attached hydrogens (primary N) is 1. The third-order valence-corrected chi connectivity index (χ3v) is 4.50. The van der Waals surface area contributed by atoms with Gasteiger partial charge >= 0.3 is 0 Å². The molecule has 2 N–H and O–H groups in total. The highest BCUT2D eigenvalue weighted by molar-refractivity contribution is 5.46. The summed E-state index contributed by atoms with van der Waals surface area (Å²) in [6, 6.07) is 12.4. The lowest BCUT2D eigenvalue weighted by Crippen LogP contribution is -2.13. The molecule has 0 saturated heterocycles. The average molecular weight is 297 g/mol. The number of fused-ring (bicyclic) bond motifs is 1. The highest BCUT2D eigenvalue weighted by atomic mass is 16.5. The molecule has 0 aliphatic heterocycles. The van der Waals surface area contributed by atoms with E-state index in [1.807, 2.05) is 18.2 Å². The minimum Gasteiger partial charge on any atom is -0.493 e. The van der Waals surface area contributed by atoms with Gasteiger partial charge in [0, 0.05) is 0 Å². The van der Waals surface area contributed by atoms with Crippen LogP contribution in [0.15, 0.2) is 36.4 Å². The summed E-state index contributed by atoms with van der Waals surface area (Å²) in [7, 11) is 3.28. The Morgan fingerprint density at radius 3 is 2.18 bits per heavy atom. The standard InChI is InChI=1S/C19H23NO2/c1-21-17-10-9-16(12-18(17)22-2)19(20)15-8-7-13-5-3-4-6-14(13)11-15/h7-12,19H,3-6,20H2,1-2H3. The van der Waals surface area contributed by atoms with Crippen LogP contribution >= 0.6 is 0 Å². The zero-order valence-electron chi connectivity index (χ0n) is 13.3. The van der Waals surface area contributed by atoms with Crippen molar-refractivity contribution in [3.8, 4) is 11.5 Å². The van der Waals surface area contributed by atoms with E-state index >= 15 is 0 Å². The Morgan fingerprint density at radius 1 is 0.818 bits per heavy atom. The van der Waals surface area contributed by atoms with Gasteiger partial charge in [0.1, 0.15) is 0 Å². The van der Waals surface area contributed by atoms with Crippen LogP contribution in [0.4, 0.5) is 0 Å². The van der Waals surface area contributed by atoms with Crippen LogP contribution in [0.1, 0.15) is 41.1 Å². The molecule has 0 bridgehead atoms. The molecular formula is C19H23NO2. The predicted octanol–water partition coefficient (Wildman–Crippen LogP) is 3.63. The van der Waals surface area contributed by atoms with Crippen molar-refractivity contribution < 1.29 is 9.47 Å². The second kappa shape index (κ2) is 6.41. The first-order chi connectivity index (χ1) is 10.7. The molecule has 2 aromatic rings. The summed E-state index contributed by atoms with van der Waals surface area (Å²) in [5, 5.41) is 0. The zero-order valence-corrected chi connectivity index (χ0v) is 13.3. The van der Waals surface area contributed by atoms with Crippen molar-refractivity contribution in [2.24, 2.45) is 5.73 Å². The van der Waals surface area contributed by atoms with Crippen molar-refractivity contribution in [2.45, 2.75) is 31.7 Å². The molecule has 0 spiro atoms. The van der Waals surface area contributed by atoms with Crippen LogP contribution in [0.5, 0.6) is 11.5 Å². The Morgan fingerprint density at radius 2 is 1.45 bits per heavy atom. The Balaban J connectivity index is 1.91. The fraction of sp³-hybridized carbons (Fsp3) is 0.368. The first-order valence-corrected chi connectivity index (χ1v) is 7.82. The Bertz CT molecular complexity index is 627. The fourth-order valence-electron chi connectivity index (χ4n) is 3.19. The molecule has 0 radical (unpaired) electrons. The fourth-order valence-corrected chi connectivity index (χ4v) is 3.19. The number of rotatable bonds is 4. The minimum absolute atomic E-state index is 0.146. The van der Waals surface area contributed by atoms with Gasteiger partial charge in [-0.05, 0) is 60.1 Å². The van der Waals surface area contributed by atoms with Gasteiger partial charge in [0.25, 0.3) is 0 Å². The summed E-state index contributed by atoms with van der Waals surface area (Å²) >= 11 is 0. The second-order valence-electron chi connectivity index (χ2n) is 5.83. The molecule has 0 fully saturated rings. The minimum atomic E-state index is -0.146. The van der Waals surface area contributed by atoms with E-state index in [1.54, 1.807) is 14.2 Å². The predicted molar refractivity (Wildman–Crippen MR) is 88.7 cm³/mol. The van der Waals surface area contributed by atoms with Gasteiger partial charge in [-0.3, -0.25) is 0 Å². The maximum Gasteiger partial charge on any atom is 0.161 e. The Labute approximate surface area is 132 Å². The molecule has 1 aliphatic rings. The summed E-state index contributed by atoms with van der Waals surface area (Å²) in [5.74, 6) is 1.44. The molecule has 0 aromatic heterocycles. The lowest BCUT2D eigenvalue weighted by atomic mass is 9.88. The second-order valence-corrected chi connectivity index (χ2v) is 5.83. The van der Waals surface area contributed by atoms with Crippen molar-refractivity contribution >= 4 is 0 Å². The van der Waals surface area contributed by atoms with Crippen molar-refractivity contribution in [2.75, 3.05) is 14.2 Å². The topological polar surface area (TPSA) is 44.5 Å². The highest BCUT2D eigenvalue weighted by Gasteiger charge is 2.15. The third kappa shape index (κ3) is 2.81. The van der Waals surface area contributed by atoms with Crippen LogP contribution in [0.25, 0.3) is 0 Å². The molecule has 3 rings (SSSR count). The molecule has 1 aliphatic carbocycles. The van der Waals surface area contributed by atoms with Crippen molar-refractivity contribution in [1.82, 2.24) is 0 Å². The van der Waals surface area contributed by atoms with E-state index < -0.39 is 0 Å². The average Bonchev–Trinajstić information content (AvgIpc) is 2.60. The molecule has 2 aromatic carbocycles. The molecule has 22 heavy (non-hydrogen) atoms. The summed E-state index contributed by atoms with van der Waals surface area (Å²) in [5.41, 5.74) is 11.6. The summed E-state index contributed by atoms with van der Waals surface area (Å²) in [4.78, 5) is 0. The molecule has 3 nitrogen and oxygen atoms in total. The van der Waals surface area contributed by atoms with Crippen LogP contribution in [-0.4, -0.2) is 14.2 Å². The van der Waals surface area contributed by atoms with E-state index in [1.165, 1.54) is 36.8 Å². The van der Waals surface area contributed by atoms with Gasteiger partial charge in [-0.2, -0.15) is 0 Å². The van der Waals surface area contributed by atoms with Gasteiger partial charge in [-0.15, -0.1) is 0 Å². The normalized spacial score (nSPS) is 15.0. The lowest BCUT2D eigenvalue weighted by Gasteiger charge is -2.20. The summed E-state index contributed by atoms with van der Waals surface area (Å²) in [6.07, 6.45) is 4.94. The Kier molecular flexibility index (Phi) is 4.34. The third-order valence-electron chi connectivity index (χ3n) is 4.50. The molecular weight excluding hydrogens is 274 g/mol. The summed E-state index contributed by atoms with van der Waals surface area (Å²) < 4.78 is 10.7. The molecule has 116 valence electrons. The molecule has 0 amide bonds. The van der Waals surface area contributed by atoms with Crippen molar-refractivity contribution in [1.29, 1.82) is 0 Å². The van der Waals surface area contributed by atoms with E-state index in [9.17, 15) is 0 Å². The Hall–Kier alpha value is -2.00. The zero-order chi connectivity index (χ0) is 15.5.